The maximum Gasteiger partial charge on any atom is 0.162 e. The number of aromatic nitrogens is 2. The molecule has 0 spiro atoms. The number of nitrogens with zero attached hydrogens (tertiary/aromatic N) is 2. The number of rotatable bonds is 2. The van der Waals surface area contributed by atoms with E-state index in [0.29, 0.717) is 0 Å². The molecular formula is C15H16BrN3. The van der Waals surface area contributed by atoms with Crippen LogP contribution in [0.5, 0.6) is 0 Å². The first-order chi connectivity index (χ1) is 9.19. The van der Waals surface area contributed by atoms with Crippen molar-refractivity contribution in [3.63, 3.8) is 0 Å². The lowest BCUT2D eigenvalue weighted by Gasteiger charge is -2.11. The Morgan fingerprint density at radius 2 is 2.05 bits per heavy atom. The van der Waals surface area contributed by atoms with E-state index in [4.69, 9.17) is 4.98 Å². The van der Waals surface area contributed by atoms with E-state index in [-0.39, 0.29) is 0 Å². The third-order valence-corrected chi connectivity index (χ3v) is 4.09. The molecule has 4 heteroatoms. The van der Waals surface area contributed by atoms with Crippen LogP contribution >= 0.6 is 15.9 Å². The predicted molar refractivity (Wildman–Crippen MR) is 81.5 cm³/mol. The molecule has 1 aliphatic rings. The second-order valence-corrected chi connectivity index (χ2v) is 5.80. The normalized spacial score (nSPS) is 13.4. The van der Waals surface area contributed by atoms with Gasteiger partial charge in [-0.05, 0) is 49.9 Å². The summed E-state index contributed by atoms with van der Waals surface area (Å²) in [6.45, 7) is 2.09. The molecular weight excluding hydrogens is 302 g/mol. The smallest absolute Gasteiger partial charge is 0.162 e. The standard InChI is InChI=1S/C15H16BrN3/c1-9-8-10(16)6-7-11(9)15-18-13-5-3-4-12(13)14(17-2)19-15/h6-8H,3-5H2,1-2H3,(H,17,18,19). The van der Waals surface area contributed by atoms with Crippen LogP contribution in [0.4, 0.5) is 5.82 Å². The highest BCUT2D eigenvalue weighted by Gasteiger charge is 2.19. The molecule has 0 saturated heterocycles. The van der Waals surface area contributed by atoms with Crippen LogP contribution in [-0.4, -0.2) is 17.0 Å². The van der Waals surface area contributed by atoms with Crippen LogP contribution < -0.4 is 5.32 Å². The van der Waals surface area contributed by atoms with Gasteiger partial charge in [0, 0.05) is 28.3 Å². The highest BCUT2D eigenvalue weighted by molar-refractivity contribution is 9.10. The Kier molecular flexibility index (Phi) is 3.27. The summed E-state index contributed by atoms with van der Waals surface area (Å²) < 4.78 is 1.09. The lowest BCUT2D eigenvalue weighted by molar-refractivity contribution is 0.900. The molecule has 1 heterocycles. The van der Waals surface area contributed by atoms with Crippen molar-refractivity contribution in [2.75, 3.05) is 12.4 Å². The minimum Gasteiger partial charge on any atom is -0.373 e. The molecule has 1 aliphatic carbocycles. The zero-order chi connectivity index (χ0) is 13.4. The van der Waals surface area contributed by atoms with Gasteiger partial charge in [0.1, 0.15) is 5.82 Å². The van der Waals surface area contributed by atoms with Gasteiger partial charge < -0.3 is 5.32 Å². The number of benzene rings is 1. The van der Waals surface area contributed by atoms with Crippen molar-refractivity contribution in [1.82, 2.24) is 9.97 Å². The lowest BCUT2D eigenvalue weighted by Crippen LogP contribution is -2.04. The summed E-state index contributed by atoms with van der Waals surface area (Å²) in [4.78, 5) is 9.44. The summed E-state index contributed by atoms with van der Waals surface area (Å²) in [6.07, 6.45) is 3.34. The third-order valence-electron chi connectivity index (χ3n) is 3.60. The van der Waals surface area contributed by atoms with Crippen LogP contribution in [0, 0.1) is 6.92 Å². The summed E-state index contributed by atoms with van der Waals surface area (Å²) in [7, 11) is 1.93. The highest BCUT2D eigenvalue weighted by Crippen LogP contribution is 2.30. The Morgan fingerprint density at radius 3 is 2.79 bits per heavy atom. The lowest BCUT2D eigenvalue weighted by atomic mass is 10.1. The minimum atomic E-state index is 0.829. The zero-order valence-electron chi connectivity index (χ0n) is 11.1. The Bertz CT molecular complexity index is 638. The number of hydrogen-bond acceptors (Lipinski definition) is 3. The molecule has 0 aliphatic heterocycles. The minimum absolute atomic E-state index is 0.829. The second-order valence-electron chi connectivity index (χ2n) is 4.88. The molecule has 1 N–H and O–H groups in total. The van der Waals surface area contributed by atoms with E-state index in [0.717, 1.165) is 34.5 Å². The van der Waals surface area contributed by atoms with Crippen molar-refractivity contribution in [2.45, 2.75) is 26.2 Å². The second kappa shape index (κ2) is 4.93. The quantitative estimate of drug-likeness (QED) is 0.916. The van der Waals surface area contributed by atoms with Gasteiger partial charge in [0.25, 0.3) is 0 Å². The van der Waals surface area contributed by atoms with Gasteiger partial charge in [-0.1, -0.05) is 15.9 Å². The molecule has 0 amide bonds. The zero-order valence-corrected chi connectivity index (χ0v) is 12.7. The fraction of sp³-hybridized carbons (Fsp3) is 0.333. The van der Waals surface area contributed by atoms with Crippen molar-refractivity contribution in [3.8, 4) is 11.4 Å². The average molecular weight is 318 g/mol. The monoisotopic (exact) mass is 317 g/mol. The number of halogens is 1. The van der Waals surface area contributed by atoms with Crippen LogP contribution in [0.2, 0.25) is 0 Å². The summed E-state index contributed by atoms with van der Waals surface area (Å²) >= 11 is 3.49. The number of nitrogens with one attached hydrogen (secondary N) is 1. The average Bonchev–Trinajstić information content (AvgIpc) is 2.85. The molecule has 0 unspecified atom stereocenters. The van der Waals surface area contributed by atoms with Crippen LogP contribution in [0.15, 0.2) is 22.7 Å². The summed E-state index contributed by atoms with van der Waals surface area (Å²) in [5.74, 6) is 1.81. The van der Waals surface area contributed by atoms with Gasteiger partial charge in [0.2, 0.25) is 0 Å². The van der Waals surface area contributed by atoms with Gasteiger partial charge in [-0.25, -0.2) is 9.97 Å². The maximum absolute atomic E-state index is 4.76. The molecule has 1 aromatic heterocycles. The van der Waals surface area contributed by atoms with Crippen LogP contribution in [0.25, 0.3) is 11.4 Å². The van der Waals surface area contributed by atoms with E-state index >= 15 is 0 Å². The molecule has 0 radical (unpaired) electrons. The van der Waals surface area contributed by atoms with Crippen LogP contribution in [0.3, 0.4) is 0 Å². The van der Waals surface area contributed by atoms with Gasteiger partial charge in [-0.15, -0.1) is 0 Å². The van der Waals surface area contributed by atoms with Gasteiger partial charge in [0.15, 0.2) is 5.82 Å². The maximum atomic E-state index is 4.76. The number of aryl methyl sites for hydroxylation is 2. The molecule has 2 aromatic rings. The third kappa shape index (κ3) is 2.25. The molecule has 0 fully saturated rings. The molecule has 1 aromatic carbocycles. The van der Waals surface area contributed by atoms with E-state index in [1.54, 1.807) is 0 Å². The Hall–Kier alpha value is -1.42. The Balaban J connectivity index is 2.15. The molecule has 3 rings (SSSR count). The van der Waals surface area contributed by atoms with E-state index in [1.807, 2.05) is 13.1 Å². The van der Waals surface area contributed by atoms with E-state index in [1.165, 1.54) is 23.2 Å². The van der Waals surface area contributed by atoms with Crippen molar-refractivity contribution in [1.29, 1.82) is 0 Å². The Morgan fingerprint density at radius 1 is 1.21 bits per heavy atom. The van der Waals surface area contributed by atoms with E-state index in [2.05, 4.69) is 45.3 Å². The van der Waals surface area contributed by atoms with E-state index in [9.17, 15) is 0 Å². The number of hydrogen-bond donors (Lipinski definition) is 1. The SMILES string of the molecule is CNc1nc(-c2ccc(Br)cc2C)nc2c1CCC2. The van der Waals surface area contributed by atoms with Crippen LogP contribution in [0.1, 0.15) is 23.2 Å². The molecule has 0 atom stereocenters. The highest BCUT2D eigenvalue weighted by atomic mass is 79.9. The Labute approximate surface area is 121 Å². The van der Waals surface area contributed by atoms with Crippen molar-refractivity contribution in [3.05, 3.63) is 39.5 Å². The fourth-order valence-electron chi connectivity index (χ4n) is 2.64. The summed E-state index contributed by atoms with van der Waals surface area (Å²) in [5.41, 5.74) is 4.79. The molecule has 19 heavy (non-hydrogen) atoms. The van der Waals surface area contributed by atoms with Crippen molar-refractivity contribution >= 4 is 21.7 Å². The van der Waals surface area contributed by atoms with Gasteiger partial charge >= 0.3 is 0 Å². The van der Waals surface area contributed by atoms with Gasteiger partial charge in [-0.2, -0.15) is 0 Å². The summed E-state index contributed by atoms with van der Waals surface area (Å²) in [6, 6.07) is 6.22. The number of anilines is 1. The number of fused-ring (bicyclic) bond motifs is 1. The largest absolute Gasteiger partial charge is 0.373 e. The molecule has 98 valence electrons. The van der Waals surface area contributed by atoms with Gasteiger partial charge in [0.05, 0.1) is 0 Å². The van der Waals surface area contributed by atoms with Crippen molar-refractivity contribution in [2.24, 2.45) is 0 Å². The van der Waals surface area contributed by atoms with Crippen molar-refractivity contribution < 1.29 is 0 Å². The molecule has 0 bridgehead atoms. The fourth-order valence-corrected chi connectivity index (χ4v) is 3.11. The first kappa shape index (κ1) is 12.6. The first-order valence-corrected chi connectivity index (χ1v) is 7.32. The van der Waals surface area contributed by atoms with E-state index < -0.39 is 0 Å². The summed E-state index contributed by atoms with van der Waals surface area (Å²) in [5, 5.41) is 3.21. The van der Waals surface area contributed by atoms with Gasteiger partial charge in [-0.3, -0.25) is 0 Å². The molecule has 0 saturated carbocycles. The van der Waals surface area contributed by atoms with Crippen LogP contribution in [-0.2, 0) is 12.8 Å². The topological polar surface area (TPSA) is 37.8 Å². The first-order valence-electron chi connectivity index (χ1n) is 6.53. The predicted octanol–water partition coefficient (Wildman–Crippen LogP) is 3.74. The molecule has 3 nitrogen and oxygen atoms in total.